The van der Waals surface area contributed by atoms with E-state index in [1.165, 1.54) is 24.8 Å². The molecule has 0 amide bonds. The molecule has 1 N–H and O–H groups in total. The number of benzene rings is 1. The van der Waals surface area contributed by atoms with Crippen molar-refractivity contribution in [3.8, 4) is 11.5 Å². The Morgan fingerprint density at radius 1 is 1.10 bits per heavy atom. The minimum Gasteiger partial charge on any atom is -0.493 e. The summed E-state index contributed by atoms with van der Waals surface area (Å²) in [6.07, 6.45) is 3.82. The van der Waals surface area contributed by atoms with Crippen LogP contribution in [0.5, 0.6) is 11.5 Å². The number of unbranched alkanes of at least 4 members (excludes halogenated alkanes) is 1. The first-order chi connectivity index (χ1) is 9.58. The molecule has 0 atom stereocenters. The van der Waals surface area contributed by atoms with Gasteiger partial charge in [0.1, 0.15) is 0 Å². The van der Waals surface area contributed by atoms with Crippen molar-refractivity contribution in [3.63, 3.8) is 0 Å². The van der Waals surface area contributed by atoms with Gasteiger partial charge in [-0.15, -0.1) is 0 Å². The van der Waals surface area contributed by atoms with Crippen molar-refractivity contribution in [3.05, 3.63) is 22.2 Å². The first-order valence-electron chi connectivity index (χ1n) is 7.19. The molecule has 1 aromatic carbocycles. The minimum absolute atomic E-state index is 0.750. The van der Waals surface area contributed by atoms with Crippen molar-refractivity contribution in [1.29, 1.82) is 0 Å². The molecule has 0 unspecified atom stereocenters. The van der Waals surface area contributed by atoms with E-state index in [-0.39, 0.29) is 0 Å². The van der Waals surface area contributed by atoms with Crippen molar-refractivity contribution in [1.82, 2.24) is 5.32 Å². The van der Waals surface area contributed by atoms with Crippen LogP contribution in [0, 0.1) is 5.92 Å². The average molecular weight is 344 g/mol. The molecule has 0 fully saturated rings. The standard InChI is InChI=1S/C16H26BrNO2/c1-12(2)7-5-6-8-18-11-13-9-15(19-3)16(20-4)10-14(13)17/h9-10,12,18H,5-8,11H2,1-4H3. The Morgan fingerprint density at radius 2 is 1.75 bits per heavy atom. The molecule has 0 aromatic heterocycles. The molecule has 0 aliphatic rings. The minimum atomic E-state index is 0.750. The number of nitrogens with one attached hydrogen (secondary N) is 1. The van der Waals surface area contributed by atoms with Crippen LogP contribution >= 0.6 is 15.9 Å². The Hall–Kier alpha value is -0.740. The van der Waals surface area contributed by atoms with E-state index in [0.717, 1.165) is 35.0 Å². The Balaban J connectivity index is 2.43. The maximum Gasteiger partial charge on any atom is 0.161 e. The van der Waals surface area contributed by atoms with Gasteiger partial charge in [0.05, 0.1) is 14.2 Å². The predicted molar refractivity (Wildman–Crippen MR) is 87.6 cm³/mol. The molecule has 0 spiro atoms. The molecular formula is C16H26BrNO2. The quantitative estimate of drug-likeness (QED) is 0.674. The van der Waals surface area contributed by atoms with Gasteiger partial charge in [0, 0.05) is 11.0 Å². The second-order valence-corrected chi connectivity index (χ2v) is 6.22. The third kappa shape index (κ3) is 5.71. The smallest absolute Gasteiger partial charge is 0.161 e. The molecule has 3 nitrogen and oxygen atoms in total. The van der Waals surface area contributed by atoms with E-state index in [1.807, 2.05) is 12.1 Å². The molecule has 114 valence electrons. The molecule has 0 heterocycles. The lowest BCUT2D eigenvalue weighted by atomic mass is 10.1. The summed E-state index contributed by atoms with van der Waals surface area (Å²) in [5.41, 5.74) is 1.19. The lowest BCUT2D eigenvalue weighted by molar-refractivity contribution is 0.354. The summed E-state index contributed by atoms with van der Waals surface area (Å²) < 4.78 is 11.7. The maximum atomic E-state index is 5.33. The summed E-state index contributed by atoms with van der Waals surface area (Å²) in [5.74, 6) is 2.32. The molecule has 0 radical (unpaired) electrons. The largest absolute Gasteiger partial charge is 0.493 e. The second-order valence-electron chi connectivity index (χ2n) is 5.37. The van der Waals surface area contributed by atoms with Gasteiger partial charge in [-0.3, -0.25) is 0 Å². The van der Waals surface area contributed by atoms with Gasteiger partial charge in [-0.1, -0.05) is 42.6 Å². The summed E-state index contributed by atoms with van der Waals surface area (Å²) in [7, 11) is 3.31. The normalized spacial score (nSPS) is 10.9. The highest BCUT2D eigenvalue weighted by molar-refractivity contribution is 9.10. The molecule has 0 bridgehead atoms. The van der Waals surface area contributed by atoms with Gasteiger partial charge in [-0.2, -0.15) is 0 Å². The first kappa shape index (κ1) is 17.3. The van der Waals surface area contributed by atoms with Crippen LogP contribution in [0.25, 0.3) is 0 Å². The molecular weight excluding hydrogens is 318 g/mol. The van der Waals surface area contributed by atoms with Gasteiger partial charge < -0.3 is 14.8 Å². The van der Waals surface area contributed by atoms with E-state index in [0.29, 0.717) is 0 Å². The van der Waals surface area contributed by atoms with E-state index < -0.39 is 0 Å². The number of hydrogen-bond donors (Lipinski definition) is 1. The summed E-state index contributed by atoms with van der Waals surface area (Å²) in [5, 5.41) is 3.48. The number of halogens is 1. The van der Waals surface area contributed by atoms with Crippen LogP contribution in [0.4, 0.5) is 0 Å². The molecule has 4 heteroatoms. The second kappa shape index (κ2) is 9.24. The van der Waals surface area contributed by atoms with E-state index in [2.05, 4.69) is 35.1 Å². The number of rotatable bonds is 9. The Bertz CT molecular complexity index is 408. The Labute approximate surface area is 131 Å². The molecule has 1 rings (SSSR count). The molecule has 20 heavy (non-hydrogen) atoms. The van der Waals surface area contributed by atoms with Gasteiger partial charge >= 0.3 is 0 Å². The van der Waals surface area contributed by atoms with E-state index in [4.69, 9.17) is 9.47 Å². The average Bonchev–Trinajstić information content (AvgIpc) is 2.43. The Morgan fingerprint density at radius 3 is 2.35 bits per heavy atom. The highest BCUT2D eigenvalue weighted by Gasteiger charge is 2.09. The monoisotopic (exact) mass is 343 g/mol. The first-order valence-corrected chi connectivity index (χ1v) is 7.99. The van der Waals surface area contributed by atoms with Crippen LogP contribution in [0.2, 0.25) is 0 Å². The predicted octanol–water partition coefficient (Wildman–Crippen LogP) is 4.38. The maximum absolute atomic E-state index is 5.33. The summed E-state index contributed by atoms with van der Waals surface area (Å²) in [6.45, 7) is 6.43. The lowest BCUT2D eigenvalue weighted by Gasteiger charge is -2.12. The van der Waals surface area contributed by atoms with Gasteiger partial charge in [-0.05, 0) is 36.6 Å². The fourth-order valence-electron chi connectivity index (χ4n) is 2.06. The summed E-state index contributed by atoms with van der Waals surface area (Å²) in [4.78, 5) is 0. The SMILES string of the molecule is COc1cc(Br)c(CNCCCCC(C)C)cc1OC. The molecule has 0 saturated heterocycles. The van der Waals surface area contributed by atoms with Crippen LogP contribution in [-0.2, 0) is 6.54 Å². The van der Waals surface area contributed by atoms with E-state index in [9.17, 15) is 0 Å². The van der Waals surface area contributed by atoms with Crippen molar-refractivity contribution in [2.24, 2.45) is 5.92 Å². The molecule has 0 saturated carbocycles. The molecule has 1 aromatic rings. The van der Waals surface area contributed by atoms with Gasteiger partial charge in [-0.25, -0.2) is 0 Å². The molecule has 0 aliphatic carbocycles. The van der Waals surface area contributed by atoms with Crippen LogP contribution in [0.15, 0.2) is 16.6 Å². The van der Waals surface area contributed by atoms with E-state index in [1.54, 1.807) is 14.2 Å². The van der Waals surface area contributed by atoms with Crippen LogP contribution in [0.3, 0.4) is 0 Å². The summed E-state index contributed by atoms with van der Waals surface area (Å²) in [6, 6.07) is 3.97. The van der Waals surface area contributed by atoms with Crippen molar-refractivity contribution >= 4 is 15.9 Å². The Kier molecular flexibility index (Phi) is 8.00. The lowest BCUT2D eigenvalue weighted by Crippen LogP contribution is -2.15. The van der Waals surface area contributed by atoms with Crippen molar-refractivity contribution < 1.29 is 9.47 Å². The fraction of sp³-hybridized carbons (Fsp3) is 0.625. The third-order valence-corrected chi connectivity index (χ3v) is 3.99. The zero-order valence-electron chi connectivity index (χ0n) is 13.0. The van der Waals surface area contributed by atoms with E-state index >= 15 is 0 Å². The zero-order chi connectivity index (χ0) is 15.0. The van der Waals surface area contributed by atoms with Gasteiger partial charge in [0.15, 0.2) is 11.5 Å². The third-order valence-electron chi connectivity index (χ3n) is 3.25. The van der Waals surface area contributed by atoms with Crippen LogP contribution in [0.1, 0.15) is 38.7 Å². The van der Waals surface area contributed by atoms with Crippen molar-refractivity contribution in [2.45, 2.75) is 39.7 Å². The molecule has 0 aliphatic heterocycles. The number of hydrogen-bond acceptors (Lipinski definition) is 3. The highest BCUT2D eigenvalue weighted by Crippen LogP contribution is 2.33. The van der Waals surface area contributed by atoms with Crippen LogP contribution < -0.4 is 14.8 Å². The van der Waals surface area contributed by atoms with Gasteiger partial charge in [0.2, 0.25) is 0 Å². The highest BCUT2D eigenvalue weighted by atomic mass is 79.9. The summed E-state index contributed by atoms with van der Waals surface area (Å²) >= 11 is 3.58. The van der Waals surface area contributed by atoms with Gasteiger partial charge in [0.25, 0.3) is 0 Å². The number of methoxy groups -OCH3 is 2. The zero-order valence-corrected chi connectivity index (χ0v) is 14.5. The van der Waals surface area contributed by atoms with Crippen LogP contribution in [-0.4, -0.2) is 20.8 Å². The topological polar surface area (TPSA) is 30.5 Å². The fourth-order valence-corrected chi connectivity index (χ4v) is 2.52. The van der Waals surface area contributed by atoms with Crippen molar-refractivity contribution in [2.75, 3.05) is 20.8 Å². The number of ether oxygens (including phenoxy) is 2.